The Balaban J connectivity index is 1.78. The minimum atomic E-state index is -0.828. The minimum Gasteiger partial charge on any atom is -0.464 e. The number of carbonyl (C=O) groups excluding carboxylic acids is 1. The summed E-state index contributed by atoms with van der Waals surface area (Å²) >= 11 is 0. The third-order valence-electron chi connectivity index (χ3n) is 6.88. The molecule has 1 heterocycles. The Labute approximate surface area is 230 Å². The summed E-state index contributed by atoms with van der Waals surface area (Å²) in [5.74, 6) is 0.482. The molecular weight excluding hydrogens is 478 g/mol. The molecule has 1 aromatic carbocycles. The fourth-order valence-corrected chi connectivity index (χ4v) is 4.44. The number of hydrogen-bond acceptors (Lipinski definition) is 7. The number of benzene rings is 1. The van der Waals surface area contributed by atoms with Gasteiger partial charge in [-0.15, -0.1) is 0 Å². The van der Waals surface area contributed by atoms with Crippen molar-refractivity contribution in [2.24, 2.45) is 10.9 Å². The molecule has 0 fully saturated rings. The van der Waals surface area contributed by atoms with Crippen LogP contribution in [0.2, 0.25) is 0 Å². The molecule has 0 saturated carbocycles. The van der Waals surface area contributed by atoms with Crippen molar-refractivity contribution in [1.82, 2.24) is 21.3 Å². The zero-order valence-electron chi connectivity index (χ0n) is 24.1. The summed E-state index contributed by atoms with van der Waals surface area (Å²) in [5.41, 5.74) is 0.507. The fraction of sp³-hybridized carbons (Fsp3) is 0.733. The predicted octanol–water partition coefficient (Wildman–Crippen LogP) is 3.43. The highest BCUT2D eigenvalue weighted by atomic mass is 16.5. The molecule has 2 rings (SSSR count). The molecule has 1 aromatic rings. The van der Waals surface area contributed by atoms with Gasteiger partial charge in [0.15, 0.2) is 0 Å². The van der Waals surface area contributed by atoms with E-state index >= 15 is 0 Å². The van der Waals surface area contributed by atoms with Gasteiger partial charge in [0.1, 0.15) is 5.75 Å². The minimum absolute atomic E-state index is 0.0226. The van der Waals surface area contributed by atoms with Crippen LogP contribution in [0, 0.1) is 5.92 Å². The summed E-state index contributed by atoms with van der Waals surface area (Å²) in [6.45, 7) is 10.9. The number of amides is 1. The number of unbranched alkanes of at least 4 members (excludes halogenated alkanes) is 6. The molecule has 0 aliphatic carbocycles. The number of aliphatic hydroxyl groups excluding tert-OH is 1. The third kappa shape index (κ3) is 13.7. The quantitative estimate of drug-likeness (QED) is 0.156. The van der Waals surface area contributed by atoms with Gasteiger partial charge in [0.05, 0.1) is 18.6 Å². The molecule has 8 nitrogen and oxygen atoms in total. The zero-order valence-corrected chi connectivity index (χ0v) is 24.1. The van der Waals surface area contributed by atoms with Crippen LogP contribution in [0.5, 0.6) is 5.75 Å². The van der Waals surface area contributed by atoms with Gasteiger partial charge in [-0.3, -0.25) is 4.79 Å². The number of nitrogens with zero attached hydrogens (tertiary/aromatic N) is 1. The summed E-state index contributed by atoms with van der Waals surface area (Å²) < 4.78 is 6.45. The van der Waals surface area contributed by atoms with Crippen molar-refractivity contribution in [3.63, 3.8) is 0 Å². The van der Waals surface area contributed by atoms with E-state index < -0.39 is 5.72 Å². The van der Waals surface area contributed by atoms with E-state index in [1.54, 1.807) is 13.1 Å². The number of aliphatic hydroxyl groups is 1. The highest BCUT2D eigenvalue weighted by Gasteiger charge is 2.34. The molecule has 0 saturated heterocycles. The summed E-state index contributed by atoms with van der Waals surface area (Å²) in [4.78, 5) is 17.0. The van der Waals surface area contributed by atoms with Crippen molar-refractivity contribution >= 4 is 12.1 Å². The van der Waals surface area contributed by atoms with Crippen LogP contribution in [0.4, 0.5) is 0 Å². The maximum absolute atomic E-state index is 12.3. The van der Waals surface area contributed by atoms with Gasteiger partial charge < -0.3 is 31.1 Å². The van der Waals surface area contributed by atoms with E-state index in [1.807, 2.05) is 19.1 Å². The second-order valence-corrected chi connectivity index (χ2v) is 10.7. The molecule has 3 unspecified atom stereocenters. The lowest BCUT2D eigenvalue weighted by molar-refractivity contribution is -0.123. The number of nitrogens with one attached hydrogen (secondary N) is 4. The number of rotatable bonds is 21. The molecule has 1 amide bonds. The second kappa shape index (κ2) is 19.1. The Bertz CT molecular complexity index is 787. The molecule has 0 spiro atoms. The molecule has 1 aliphatic heterocycles. The molecule has 0 radical (unpaired) electrons. The number of ether oxygens (including phenoxy) is 1. The number of aryl methyl sites for hydroxylation is 1. The van der Waals surface area contributed by atoms with Crippen molar-refractivity contribution in [3.8, 4) is 5.75 Å². The molecule has 0 aromatic heterocycles. The Morgan fingerprint density at radius 3 is 2.32 bits per heavy atom. The van der Waals surface area contributed by atoms with Gasteiger partial charge in [0.25, 0.3) is 0 Å². The Kier molecular flexibility index (Phi) is 16.2. The lowest BCUT2D eigenvalue weighted by Crippen LogP contribution is -2.47. The Morgan fingerprint density at radius 1 is 1.00 bits per heavy atom. The van der Waals surface area contributed by atoms with Crippen LogP contribution < -0.4 is 26.0 Å². The smallest absolute Gasteiger partial charge is 0.228 e. The van der Waals surface area contributed by atoms with Crippen molar-refractivity contribution in [3.05, 3.63) is 29.8 Å². The standard InChI is InChI=1S/C30H53N5O3/c1-4-5-6-7-8-9-10-11-27-12-14-28(15-13-27)38-30(24-34-29(37)25(2)22-35-30)16-17-31-18-19-32-20-21-33-23-26(3)36/h12-15,22,25-26,31-33,36H,4-11,16-21,23-24H2,1-3H3,(H,34,37). The molecule has 0 bridgehead atoms. The molecule has 3 atom stereocenters. The van der Waals surface area contributed by atoms with Crippen molar-refractivity contribution in [2.75, 3.05) is 45.8 Å². The lowest BCUT2D eigenvalue weighted by Gasteiger charge is -2.30. The number of carbonyl (C=O) groups is 1. The summed E-state index contributed by atoms with van der Waals surface area (Å²) in [5, 5.41) is 22.3. The van der Waals surface area contributed by atoms with Crippen LogP contribution in [0.1, 0.15) is 77.7 Å². The lowest BCUT2D eigenvalue weighted by atomic mass is 10.0. The summed E-state index contributed by atoms with van der Waals surface area (Å²) in [7, 11) is 0. The highest BCUT2D eigenvalue weighted by molar-refractivity contribution is 5.93. The average molecular weight is 532 g/mol. The second-order valence-electron chi connectivity index (χ2n) is 10.7. The normalized spacial score (nSPS) is 20.2. The van der Waals surface area contributed by atoms with Crippen molar-refractivity contribution < 1.29 is 14.6 Å². The molecule has 8 heteroatoms. The van der Waals surface area contributed by atoms with Gasteiger partial charge in [-0.25, -0.2) is 4.99 Å². The van der Waals surface area contributed by atoms with Gasteiger partial charge in [-0.1, -0.05) is 57.6 Å². The van der Waals surface area contributed by atoms with E-state index in [1.165, 1.54) is 50.5 Å². The molecule has 216 valence electrons. The average Bonchev–Trinajstić information content (AvgIpc) is 3.04. The summed E-state index contributed by atoms with van der Waals surface area (Å²) in [6, 6.07) is 8.38. The van der Waals surface area contributed by atoms with Gasteiger partial charge in [-0.2, -0.15) is 0 Å². The van der Waals surface area contributed by atoms with Crippen molar-refractivity contribution in [2.45, 2.75) is 90.4 Å². The predicted molar refractivity (Wildman–Crippen MR) is 157 cm³/mol. The van der Waals surface area contributed by atoms with Gasteiger partial charge in [0, 0.05) is 51.9 Å². The van der Waals surface area contributed by atoms with Crippen LogP contribution in [0.15, 0.2) is 29.3 Å². The summed E-state index contributed by atoms with van der Waals surface area (Å²) in [6.07, 6.45) is 12.4. The topological polar surface area (TPSA) is 107 Å². The third-order valence-corrected chi connectivity index (χ3v) is 6.88. The van der Waals surface area contributed by atoms with Gasteiger partial charge in [-0.05, 0) is 44.4 Å². The van der Waals surface area contributed by atoms with E-state index in [4.69, 9.17) is 9.73 Å². The maximum Gasteiger partial charge on any atom is 0.228 e. The molecule has 38 heavy (non-hydrogen) atoms. The monoisotopic (exact) mass is 531 g/mol. The number of hydrogen-bond donors (Lipinski definition) is 5. The van der Waals surface area contributed by atoms with E-state index in [0.29, 0.717) is 19.5 Å². The van der Waals surface area contributed by atoms with E-state index in [2.05, 4.69) is 40.3 Å². The van der Waals surface area contributed by atoms with Crippen LogP contribution in [0.25, 0.3) is 0 Å². The Morgan fingerprint density at radius 2 is 1.63 bits per heavy atom. The fourth-order valence-electron chi connectivity index (χ4n) is 4.44. The van der Waals surface area contributed by atoms with E-state index in [9.17, 15) is 9.90 Å². The molecular formula is C30H53N5O3. The first-order valence-electron chi connectivity index (χ1n) is 14.9. The first-order valence-corrected chi connectivity index (χ1v) is 14.9. The zero-order chi connectivity index (χ0) is 27.5. The van der Waals surface area contributed by atoms with Crippen LogP contribution in [0.3, 0.4) is 0 Å². The maximum atomic E-state index is 12.3. The van der Waals surface area contributed by atoms with E-state index in [-0.39, 0.29) is 17.9 Å². The molecule has 5 N–H and O–H groups in total. The first-order chi connectivity index (χ1) is 18.4. The molecule has 1 aliphatic rings. The van der Waals surface area contributed by atoms with Gasteiger partial charge in [0.2, 0.25) is 11.6 Å². The van der Waals surface area contributed by atoms with E-state index in [0.717, 1.165) is 44.9 Å². The van der Waals surface area contributed by atoms with Gasteiger partial charge >= 0.3 is 0 Å². The first kappa shape index (κ1) is 32.2. The van der Waals surface area contributed by atoms with Crippen LogP contribution in [-0.4, -0.2) is 74.9 Å². The largest absolute Gasteiger partial charge is 0.464 e. The SMILES string of the molecule is CCCCCCCCCc1ccc(OC2(CCNCCNCCNCC(C)O)CNC(=O)C(C)C=N2)cc1. The number of aliphatic imine (C=N–C) groups is 1. The van der Waals surface area contributed by atoms with Crippen LogP contribution >= 0.6 is 0 Å². The highest BCUT2D eigenvalue weighted by Crippen LogP contribution is 2.25. The Hall–Kier alpha value is -2.00. The van der Waals surface area contributed by atoms with Crippen molar-refractivity contribution in [1.29, 1.82) is 0 Å². The van der Waals surface area contributed by atoms with Crippen LogP contribution in [-0.2, 0) is 11.2 Å².